The van der Waals surface area contributed by atoms with Crippen molar-refractivity contribution in [2.24, 2.45) is 0 Å². The number of aromatic nitrogens is 1. The average molecular weight is 169 g/mol. The number of alkyl halides is 1. The van der Waals surface area contributed by atoms with Crippen LogP contribution in [0.2, 0.25) is 0 Å². The molecule has 0 bridgehead atoms. The molecule has 0 spiro atoms. The first-order chi connectivity index (χ1) is 5.63. The second-order valence-electron chi connectivity index (χ2n) is 3.74. The van der Waals surface area contributed by atoms with Crippen LogP contribution in [0.3, 0.4) is 0 Å². The van der Waals surface area contributed by atoms with Crippen LogP contribution >= 0.6 is 0 Å². The molecule has 66 valence electrons. The van der Waals surface area contributed by atoms with Gasteiger partial charge in [-0.15, -0.1) is 0 Å². The van der Waals surface area contributed by atoms with E-state index in [1.165, 1.54) is 0 Å². The van der Waals surface area contributed by atoms with Gasteiger partial charge in [0.2, 0.25) is 0 Å². The quantitative estimate of drug-likeness (QED) is 0.680. The normalized spacial score (nSPS) is 20.0. The second-order valence-corrected chi connectivity index (χ2v) is 3.74. The SMILES string of the molecule is CC(C)c1conc1C1(F)CC1. The van der Waals surface area contributed by atoms with Crippen LogP contribution in [0.25, 0.3) is 0 Å². The molecule has 2 nitrogen and oxygen atoms in total. The zero-order valence-electron chi connectivity index (χ0n) is 7.30. The summed E-state index contributed by atoms with van der Waals surface area (Å²) in [7, 11) is 0. The van der Waals surface area contributed by atoms with Gasteiger partial charge < -0.3 is 4.52 Å². The number of hydrogen-bond acceptors (Lipinski definition) is 2. The minimum Gasteiger partial charge on any atom is -0.364 e. The summed E-state index contributed by atoms with van der Waals surface area (Å²) in [5.74, 6) is 0.291. The van der Waals surface area contributed by atoms with Gasteiger partial charge in [0.1, 0.15) is 12.0 Å². The molecule has 0 atom stereocenters. The summed E-state index contributed by atoms with van der Waals surface area (Å²) >= 11 is 0. The minimum absolute atomic E-state index is 0.291. The van der Waals surface area contributed by atoms with E-state index in [2.05, 4.69) is 5.16 Å². The largest absolute Gasteiger partial charge is 0.364 e. The molecule has 1 saturated carbocycles. The molecule has 0 N–H and O–H groups in total. The summed E-state index contributed by atoms with van der Waals surface area (Å²) in [4.78, 5) is 0. The van der Waals surface area contributed by atoms with E-state index in [1.807, 2.05) is 13.8 Å². The lowest BCUT2D eigenvalue weighted by Gasteiger charge is -2.05. The highest BCUT2D eigenvalue weighted by molar-refractivity contribution is 5.28. The van der Waals surface area contributed by atoms with Crippen LogP contribution in [0.1, 0.15) is 43.9 Å². The van der Waals surface area contributed by atoms with E-state index in [0.29, 0.717) is 24.5 Å². The Morgan fingerprint density at radius 2 is 2.25 bits per heavy atom. The van der Waals surface area contributed by atoms with Crippen LogP contribution in [0.4, 0.5) is 4.39 Å². The van der Waals surface area contributed by atoms with Crippen LogP contribution in [0.15, 0.2) is 10.8 Å². The van der Waals surface area contributed by atoms with E-state index in [1.54, 1.807) is 6.26 Å². The van der Waals surface area contributed by atoms with Crippen molar-refractivity contribution in [1.82, 2.24) is 5.16 Å². The monoisotopic (exact) mass is 169 g/mol. The van der Waals surface area contributed by atoms with Gasteiger partial charge in [0.05, 0.1) is 0 Å². The molecule has 0 unspecified atom stereocenters. The molecule has 0 amide bonds. The third-order valence-electron chi connectivity index (χ3n) is 2.33. The average Bonchev–Trinajstić information content (AvgIpc) is 2.61. The van der Waals surface area contributed by atoms with Crippen molar-refractivity contribution in [1.29, 1.82) is 0 Å². The van der Waals surface area contributed by atoms with Crippen molar-refractivity contribution in [2.45, 2.75) is 38.3 Å². The maximum Gasteiger partial charge on any atom is 0.156 e. The van der Waals surface area contributed by atoms with Crippen molar-refractivity contribution < 1.29 is 8.91 Å². The van der Waals surface area contributed by atoms with Crippen LogP contribution < -0.4 is 0 Å². The molecule has 12 heavy (non-hydrogen) atoms. The van der Waals surface area contributed by atoms with E-state index in [9.17, 15) is 4.39 Å². The summed E-state index contributed by atoms with van der Waals surface area (Å²) < 4.78 is 18.3. The zero-order chi connectivity index (χ0) is 8.77. The van der Waals surface area contributed by atoms with Gasteiger partial charge >= 0.3 is 0 Å². The fraction of sp³-hybridized carbons (Fsp3) is 0.667. The van der Waals surface area contributed by atoms with Gasteiger partial charge in [0.25, 0.3) is 0 Å². The molecule has 1 aliphatic carbocycles. The molecule has 1 aromatic heterocycles. The van der Waals surface area contributed by atoms with Crippen molar-refractivity contribution in [2.75, 3.05) is 0 Å². The maximum absolute atomic E-state index is 13.6. The van der Waals surface area contributed by atoms with E-state index in [0.717, 1.165) is 5.56 Å². The number of rotatable bonds is 2. The van der Waals surface area contributed by atoms with Crippen molar-refractivity contribution >= 4 is 0 Å². The van der Waals surface area contributed by atoms with Crippen molar-refractivity contribution in [3.63, 3.8) is 0 Å². The van der Waals surface area contributed by atoms with E-state index in [-0.39, 0.29) is 0 Å². The predicted octanol–water partition coefficient (Wildman–Crippen LogP) is 2.76. The van der Waals surface area contributed by atoms with E-state index >= 15 is 0 Å². The number of nitrogens with zero attached hydrogens (tertiary/aromatic N) is 1. The Morgan fingerprint density at radius 1 is 1.58 bits per heavy atom. The van der Waals surface area contributed by atoms with Gasteiger partial charge in [0.15, 0.2) is 5.67 Å². The zero-order valence-corrected chi connectivity index (χ0v) is 7.30. The maximum atomic E-state index is 13.6. The second kappa shape index (κ2) is 2.31. The topological polar surface area (TPSA) is 26.0 Å². The van der Waals surface area contributed by atoms with E-state index < -0.39 is 5.67 Å². The summed E-state index contributed by atoms with van der Waals surface area (Å²) in [6.07, 6.45) is 2.75. The van der Waals surface area contributed by atoms with Gasteiger partial charge in [-0.1, -0.05) is 19.0 Å². The van der Waals surface area contributed by atoms with Gasteiger partial charge in [-0.3, -0.25) is 0 Å². The lowest BCUT2D eigenvalue weighted by atomic mass is 10.0. The molecule has 1 heterocycles. The van der Waals surface area contributed by atoms with Gasteiger partial charge in [-0.2, -0.15) is 0 Å². The minimum atomic E-state index is -1.16. The van der Waals surface area contributed by atoms with Crippen molar-refractivity contribution in [3.05, 3.63) is 17.5 Å². The third kappa shape index (κ3) is 1.04. The lowest BCUT2D eigenvalue weighted by Crippen LogP contribution is -2.03. The first-order valence-corrected chi connectivity index (χ1v) is 4.27. The molecule has 0 aromatic carbocycles. The molecular formula is C9H12FNO. The van der Waals surface area contributed by atoms with E-state index in [4.69, 9.17) is 4.52 Å². The molecule has 1 aliphatic rings. The Kier molecular flexibility index (Phi) is 1.50. The Hall–Kier alpha value is -0.860. The number of halogens is 1. The van der Waals surface area contributed by atoms with Gasteiger partial charge in [-0.25, -0.2) is 4.39 Å². The van der Waals surface area contributed by atoms with Crippen LogP contribution in [0.5, 0.6) is 0 Å². The highest BCUT2D eigenvalue weighted by Gasteiger charge is 2.49. The molecule has 3 heteroatoms. The Labute approximate surface area is 70.7 Å². The molecule has 0 radical (unpaired) electrons. The molecule has 0 aliphatic heterocycles. The number of hydrogen-bond donors (Lipinski definition) is 0. The highest BCUT2D eigenvalue weighted by Crippen LogP contribution is 2.50. The fourth-order valence-corrected chi connectivity index (χ4v) is 1.34. The molecule has 1 aromatic rings. The first kappa shape index (κ1) is 7.77. The van der Waals surface area contributed by atoms with Gasteiger partial charge in [0, 0.05) is 5.56 Å². The molecule has 0 saturated heterocycles. The van der Waals surface area contributed by atoms with Crippen LogP contribution in [-0.4, -0.2) is 5.16 Å². The Morgan fingerprint density at radius 3 is 2.75 bits per heavy atom. The smallest absolute Gasteiger partial charge is 0.156 e. The fourth-order valence-electron chi connectivity index (χ4n) is 1.34. The Balaban J connectivity index is 2.37. The van der Waals surface area contributed by atoms with Gasteiger partial charge in [-0.05, 0) is 18.8 Å². The van der Waals surface area contributed by atoms with Crippen LogP contribution in [-0.2, 0) is 5.67 Å². The molecular weight excluding hydrogens is 157 g/mol. The predicted molar refractivity (Wildman–Crippen MR) is 42.6 cm³/mol. The van der Waals surface area contributed by atoms with Crippen molar-refractivity contribution in [3.8, 4) is 0 Å². The summed E-state index contributed by atoms with van der Waals surface area (Å²) in [5, 5.41) is 3.72. The lowest BCUT2D eigenvalue weighted by molar-refractivity contribution is 0.288. The third-order valence-corrected chi connectivity index (χ3v) is 2.33. The molecule has 1 fully saturated rings. The Bertz CT molecular complexity index is 288. The van der Waals surface area contributed by atoms with Crippen LogP contribution in [0, 0.1) is 0 Å². The standard InChI is InChI=1S/C9H12FNO/c1-6(2)7-5-12-11-8(7)9(10)3-4-9/h5-6H,3-4H2,1-2H3. The highest BCUT2D eigenvalue weighted by atomic mass is 19.1. The molecule has 2 rings (SSSR count). The summed E-state index contributed by atoms with van der Waals surface area (Å²) in [6.45, 7) is 4.03. The summed E-state index contributed by atoms with van der Waals surface area (Å²) in [5.41, 5.74) is 0.277. The first-order valence-electron chi connectivity index (χ1n) is 4.27. The summed E-state index contributed by atoms with van der Waals surface area (Å²) in [6, 6.07) is 0.